The topological polar surface area (TPSA) is 94.3 Å². The number of hydrogen-bond acceptors (Lipinski definition) is 7. The molecule has 0 fully saturated rings. The van der Waals surface area contributed by atoms with E-state index in [1.807, 2.05) is 40.7 Å². The van der Waals surface area contributed by atoms with Crippen molar-refractivity contribution in [3.63, 3.8) is 0 Å². The molecule has 1 amide bonds. The Kier molecular flexibility index (Phi) is 5.25. The number of carbonyl (C=O) groups excluding carboxylic acids is 2. The molecule has 0 unspecified atom stereocenters. The van der Waals surface area contributed by atoms with Crippen LogP contribution >= 0.6 is 11.3 Å². The first kappa shape index (κ1) is 20.0. The van der Waals surface area contributed by atoms with Gasteiger partial charge in [0.05, 0.1) is 22.3 Å². The van der Waals surface area contributed by atoms with E-state index in [2.05, 4.69) is 15.5 Å². The molecule has 3 aromatic rings. The third-order valence-electron chi connectivity index (χ3n) is 4.00. The normalized spacial score (nSPS) is 11.6. The van der Waals surface area contributed by atoms with Crippen LogP contribution in [-0.4, -0.2) is 34.2 Å². The number of fused-ring (bicyclic) bond motifs is 1. The van der Waals surface area contributed by atoms with E-state index in [0.717, 1.165) is 15.3 Å². The molecular formula is C20H23N3O4S. The third-order valence-corrected chi connectivity index (χ3v) is 4.97. The van der Waals surface area contributed by atoms with E-state index in [1.165, 1.54) is 0 Å². The highest BCUT2D eigenvalue weighted by Crippen LogP contribution is 2.33. The number of nitrogens with one attached hydrogen (secondary N) is 1. The summed E-state index contributed by atoms with van der Waals surface area (Å²) in [6.07, 6.45) is 0. The number of aryl methyl sites for hydroxylation is 3. The second-order valence-electron chi connectivity index (χ2n) is 7.70. The lowest BCUT2D eigenvalue weighted by Gasteiger charge is -2.20. The largest absolute Gasteiger partial charge is 0.452 e. The van der Waals surface area contributed by atoms with Gasteiger partial charge in [-0.15, -0.1) is 11.3 Å². The molecule has 28 heavy (non-hydrogen) atoms. The van der Waals surface area contributed by atoms with Gasteiger partial charge >= 0.3 is 5.97 Å². The van der Waals surface area contributed by atoms with Gasteiger partial charge in [0.2, 0.25) is 0 Å². The average molecular weight is 401 g/mol. The van der Waals surface area contributed by atoms with Gasteiger partial charge in [-0.25, -0.2) is 9.78 Å². The van der Waals surface area contributed by atoms with Crippen molar-refractivity contribution in [1.82, 2.24) is 15.5 Å². The van der Waals surface area contributed by atoms with Gasteiger partial charge in [0.25, 0.3) is 11.6 Å². The van der Waals surface area contributed by atoms with Crippen LogP contribution in [0.3, 0.4) is 0 Å². The number of nitrogens with zero attached hydrogens (tertiary/aromatic N) is 2. The maximum atomic E-state index is 12.8. The lowest BCUT2D eigenvalue weighted by molar-refractivity contribution is -0.125. The first-order valence-corrected chi connectivity index (χ1v) is 9.69. The van der Waals surface area contributed by atoms with Crippen LogP contribution in [0.25, 0.3) is 22.4 Å². The van der Waals surface area contributed by atoms with Crippen molar-refractivity contribution in [2.75, 3.05) is 6.61 Å². The third kappa shape index (κ3) is 4.22. The van der Waals surface area contributed by atoms with Crippen LogP contribution in [0.2, 0.25) is 0 Å². The predicted octanol–water partition coefficient (Wildman–Crippen LogP) is 3.95. The molecule has 0 aliphatic heterocycles. The number of pyridine rings is 1. The summed E-state index contributed by atoms with van der Waals surface area (Å²) < 4.78 is 10.5. The van der Waals surface area contributed by atoms with Crippen LogP contribution in [-0.2, 0) is 9.53 Å². The zero-order valence-electron chi connectivity index (χ0n) is 16.8. The number of rotatable bonds is 4. The average Bonchev–Trinajstić information content (AvgIpc) is 3.12. The van der Waals surface area contributed by atoms with E-state index in [9.17, 15) is 9.59 Å². The van der Waals surface area contributed by atoms with Gasteiger partial charge in [-0.05, 0) is 53.7 Å². The number of hydrogen-bond donors (Lipinski definition) is 1. The Labute approximate surface area is 167 Å². The molecule has 0 saturated heterocycles. The van der Waals surface area contributed by atoms with Gasteiger partial charge in [0.15, 0.2) is 6.61 Å². The maximum Gasteiger partial charge on any atom is 0.339 e. The van der Waals surface area contributed by atoms with Crippen LogP contribution in [0.4, 0.5) is 0 Å². The summed E-state index contributed by atoms with van der Waals surface area (Å²) in [5.74, 6) is -0.980. The monoisotopic (exact) mass is 401 g/mol. The number of esters is 1. The van der Waals surface area contributed by atoms with Crippen molar-refractivity contribution in [3.8, 4) is 11.3 Å². The highest BCUT2D eigenvalue weighted by atomic mass is 32.1. The SMILES string of the molecule is Cc1cc(-c2cc(C(=O)OCC(=O)NC(C)(C)C)c3c(C)noc3n2)c(C)s1. The van der Waals surface area contributed by atoms with E-state index in [1.54, 1.807) is 24.3 Å². The van der Waals surface area contributed by atoms with Gasteiger partial charge in [0.1, 0.15) is 0 Å². The molecule has 0 atom stereocenters. The first-order chi connectivity index (χ1) is 13.0. The fraction of sp³-hybridized carbons (Fsp3) is 0.400. The molecule has 3 rings (SSSR count). The molecular weight excluding hydrogens is 378 g/mol. The van der Waals surface area contributed by atoms with E-state index < -0.39 is 11.5 Å². The van der Waals surface area contributed by atoms with E-state index in [0.29, 0.717) is 16.8 Å². The minimum absolute atomic E-state index is 0.268. The minimum Gasteiger partial charge on any atom is -0.452 e. The van der Waals surface area contributed by atoms with Crippen LogP contribution in [0.15, 0.2) is 16.7 Å². The fourth-order valence-electron chi connectivity index (χ4n) is 2.94. The number of carbonyl (C=O) groups is 2. The lowest BCUT2D eigenvalue weighted by atomic mass is 10.1. The number of aromatic nitrogens is 2. The summed E-state index contributed by atoms with van der Waals surface area (Å²) in [4.78, 5) is 31.5. The molecule has 0 aliphatic rings. The number of thiophene rings is 1. The summed E-state index contributed by atoms with van der Waals surface area (Å²) in [6.45, 7) is 11.0. The highest BCUT2D eigenvalue weighted by molar-refractivity contribution is 7.12. The Morgan fingerprint density at radius 3 is 2.54 bits per heavy atom. The van der Waals surface area contributed by atoms with Crippen molar-refractivity contribution in [1.29, 1.82) is 0 Å². The van der Waals surface area contributed by atoms with Gasteiger partial charge < -0.3 is 14.6 Å². The smallest absolute Gasteiger partial charge is 0.339 e. The van der Waals surface area contributed by atoms with Crippen LogP contribution in [0.1, 0.15) is 46.6 Å². The first-order valence-electron chi connectivity index (χ1n) is 8.88. The second-order valence-corrected chi connectivity index (χ2v) is 9.16. The van der Waals surface area contributed by atoms with Crippen molar-refractivity contribution in [2.45, 2.75) is 47.1 Å². The molecule has 0 radical (unpaired) electrons. The summed E-state index contributed by atoms with van der Waals surface area (Å²) in [5, 5.41) is 7.18. The maximum absolute atomic E-state index is 12.8. The molecule has 3 aromatic heterocycles. The summed E-state index contributed by atoms with van der Waals surface area (Å²) >= 11 is 1.65. The zero-order valence-corrected chi connectivity index (χ0v) is 17.6. The molecule has 7 nitrogen and oxygen atoms in total. The standard InChI is InChI=1S/C20H23N3O4S/c1-10-7-13(12(3)28-10)15-8-14(17-11(2)23-27-18(17)21-15)19(25)26-9-16(24)22-20(4,5)6/h7-8H,9H2,1-6H3,(H,22,24). The van der Waals surface area contributed by atoms with Crippen molar-refractivity contribution in [2.24, 2.45) is 0 Å². The van der Waals surface area contributed by atoms with Crippen LogP contribution in [0, 0.1) is 20.8 Å². The fourth-order valence-corrected chi connectivity index (χ4v) is 3.88. The van der Waals surface area contributed by atoms with Gasteiger partial charge in [-0.2, -0.15) is 0 Å². The van der Waals surface area contributed by atoms with Crippen molar-refractivity contribution < 1.29 is 18.8 Å². The molecule has 148 valence electrons. The summed E-state index contributed by atoms with van der Waals surface area (Å²) in [5.41, 5.74) is 2.22. The molecule has 3 heterocycles. The van der Waals surface area contributed by atoms with Gasteiger partial charge in [-0.3, -0.25) is 4.79 Å². The predicted molar refractivity (Wildman–Crippen MR) is 108 cm³/mol. The Morgan fingerprint density at radius 1 is 1.21 bits per heavy atom. The molecule has 8 heteroatoms. The van der Waals surface area contributed by atoms with Gasteiger partial charge in [-0.1, -0.05) is 5.16 Å². The van der Waals surface area contributed by atoms with Crippen molar-refractivity contribution >= 4 is 34.3 Å². The van der Waals surface area contributed by atoms with E-state index >= 15 is 0 Å². The lowest BCUT2D eigenvalue weighted by Crippen LogP contribution is -2.42. The second kappa shape index (κ2) is 7.35. The Balaban J connectivity index is 1.95. The summed E-state index contributed by atoms with van der Waals surface area (Å²) in [7, 11) is 0. The Hall–Kier alpha value is -2.74. The number of ether oxygens (including phenoxy) is 1. The van der Waals surface area contributed by atoms with Crippen molar-refractivity contribution in [3.05, 3.63) is 33.1 Å². The van der Waals surface area contributed by atoms with Gasteiger partial charge in [0, 0.05) is 20.9 Å². The Morgan fingerprint density at radius 2 is 1.93 bits per heavy atom. The quantitative estimate of drug-likeness (QED) is 0.665. The molecule has 0 spiro atoms. The molecule has 0 saturated carbocycles. The van der Waals surface area contributed by atoms with E-state index in [4.69, 9.17) is 9.26 Å². The molecule has 0 aromatic carbocycles. The highest BCUT2D eigenvalue weighted by Gasteiger charge is 2.23. The molecule has 1 N–H and O–H groups in total. The number of amides is 1. The molecule has 0 aliphatic carbocycles. The Bertz CT molecular complexity index is 1060. The molecule has 0 bridgehead atoms. The van der Waals surface area contributed by atoms with Crippen LogP contribution < -0.4 is 5.32 Å². The zero-order chi connectivity index (χ0) is 20.6. The minimum atomic E-state index is -0.617. The summed E-state index contributed by atoms with van der Waals surface area (Å²) in [6, 6.07) is 3.69. The van der Waals surface area contributed by atoms with E-state index in [-0.39, 0.29) is 23.8 Å². The van der Waals surface area contributed by atoms with Crippen LogP contribution in [0.5, 0.6) is 0 Å².